The fraction of sp³-hybridized carbons (Fsp3) is 0.481. The van der Waals surface area contributed by atoms with Crippen molar-refractivity contribution in [1.82, 2.24) is 9.88 Å². The molecule has 5 nitrogen and oxygen atoms in total. The van der Waals surface area contributed by atoms with Crippen molar-refractivity contribution < 1.29 is 13.7 Å². The van der Waals surface area contributed by atoms with Crippen LogP contribution in [-0.4, -0.2) is 47.5 Å². The Hall–Kier alpha value is -2.02. The number of nitrogens with zero attached hydrogens (tertiary/aromatic N) is 2. The molecule has 0 radical (unpaired) electrons. The highest BCUT2D eigenvalue weighted by atomic mass is 35.5. The van der Waals surface area contributed by atoms with E-state index in [0.29, 0.717) is 25.6 Å². The Labute approximate surface area is 212 Å². The summed E-state index contributed by atoms with van der Waals surface area (Å²) < 4.78 is 11.2. The summed E-state index contributed by atoms with van der Waals surface area (Å²) >= 11 is 7.81. The molecule has 2 heterocycles. The second kappa shape index (κ2) is 10.7. The molecular formula is C27H33ClN2O3S. The van der Waals surface area contributed by atoms with E-state index in [1.807, 2.05) is 50.3 Å². The van der Waals surface area contributed by atoms with Crippen LogP contribution in [0.15, 0.2) is 36.5 Å². The Morgan fingerprint density at radius 3 is 2.71 bits per heavy atom. The van der Waals surface area contributed by atoms with Crippen LogP contribution >= 0.6 is 23.6 Å². The standard InChI is InChI=1S/C27H33ClN2O3S/c1-27(2,3)33-26(31)30-13-9-18(10-14-30)24-22-8-7-21(28)17-20(22)16-19(11-15-32-34-4)23-6-5-12-29-25(23)24/h5-8,12,16-18,24H,9-11,13-15H2,1-4H3. The van der Waals surface area contributed by atoms with Gasteiger partial charge in [0, 0.05) is 36.5 Å². The largest absolute Gasteiger partial charge is 0.444 e. The van der Waals surface area contributed by atoms with Gasteiger partial charge in [0.2, 0.25) is 0 Å². The summed E-state index contributed by atoms with van der Waals surface area (Å²) in [6.07, 6.45) is 8.44. The lowest BCUT2D eigenvalue weighted by Crippen LogP contribution is -2.42. The first kappa shape index (κ1) is 25.1. The number of hydrogen-bond acceptors (Lipinski definition) is 5. The molecule has 2 aromatic rings. The smallest absolute Gasteiger partial charge is 0.410 e. The first-order chi connectivity index (χ1) is 16.3. The van der Waals surface area contributed by atoms with Gasteiger partial charge in [0.25, 0.3) is 0 Å². The number of likely N-dealkylation sites (tertiary alicyclic amines) is 1. The van der Waals surface area contributed by atoms with Crippen LogP contribution in [0.5, 0.6) is 0 Å². The molecule has 4 rings (SSSR count). The predicted molar refractivity (Wildman–Crippen MR) is 140 cm³/mol. The molecule has 1 fully saturated rings. The van der Waals surface area contributed by atoms with E-state index in [2.05, 4.69) is 24.3 Å². The SMILES string of the molecule is CSOCCC1=Cc2cc(Cl)ccc2C(C2CCN(C(=O)OC(C)(C)C)CC2)c2ncccc21. The van der Waals surface area contributed by atoms with Crippen LogP contribution in [0.25, 0.3) is 11.6 Å². The number of halogens is 1. The Bertz CT molecular complexity index is 1060. The summed E-state index contributed by atoms with van der Waals surface area (Å²) in [5.41, 5.74) is 5.41. The van der Waals surface area contributed by atoms with Gasteiger partial charge in [-0.3, -0.25) is 4.98 Å². The van der Waals surface area contributed by atoms with E-state index in [4.69, 9.17) is 25.5 Å². The third-order valence-corrected chi connectivity index (χ3v) is 7.07. The number of pyridine rings is 1. The Morgan fingerprint density at radius 1 is 1.24 bits per heavy atom. The number of carbonyl (C=O) groups excluding carboxylic acids is 1. The van der Waals surface area contributed by atoms with Gasteiger partial charge in [-0.25, -0.2) is 4.79 Å². The minimum atomic E-state index is -0.488. The Balaban J connectivity index is 1.65. The van der Waals surface area contributed by atoms with Crippen LogP contribution in [-0.2, 0) is 8.92 Å². The number of rotatable bonds is 5. The summed E-state index contributed by atoms with van der Waals surface area (Å²) in [5, 5.41) is 0.729. The van der Waals surface area contributed by atoms with E-state index >= 15 is 0 Å². The van der Waals surface area contributed by atoms with Crippen molar-refractivity contribution in [3.63, 3.8) is 0 Å². The number of aromatic nitrogens is 1. The van der Waals surface area contributed by atoms with Gasteiger partial charge in [-0.15, -0.1) is 0 Å². The third kappa shape index (κ3) is 5.78. The summed E-state index contributed by atoms with van der Waals surface area (Å²) in [6, 6.07) is 10.4. The molecule has 1 aliphatic carbocycles. The minimum Gasteiger partial charge on any atom is -0.444 e. The normalized spacial score (nSPS) is 18.6. The molecule has 1 aliphatic heterocycles. The van der Waals surface area contributed by atoms with Gasteiger partial charge in [0.15, 0.2) is 0 Å². The monoisotopic (exact) mass is 500 g/mol. The average Bonchev–Trinajstić information content (AvgIpc) is 2.92. The summed E-state index contributed by atoms with van der Waals surface area (Å²) in [6.45, 7) is 7.72. The van der Waals surface area contributed by atoms with Crippen LogP contribution in [0, 0.1) is 5.92 Å². The van der Waals surface area contributed by atoms with E-state index in [1.54, 1.807) is 0 Å². The highest BCUT2D eigenvalue weighted by Gasteiger charge is 2.36. The number of piperidine rings is 1. The predicted octanol–water partition coefficient (Wildman–Crippen LogP) is 7.05. The number of fused-ring (bicyclic) bond motifs is 2. The van der Waals surface area contributed by atoms with Gasteiger partial charge in [0.1, 0.15) is 5.60 Å². The van der Waals surface area contributed by atoms with Gasteiger partial charge in [-0.1, -0.05) is 29.8 Å². The zero-order chi connectivity index (χ0) is 24.3. The van der Waals surface area contributed by atoms with Crippen molar-refractivity contribution in [3.05, 3.63) is 63.9 Å². The van der Waals surface area contributed by atoms with Crippen LogP contribution in [0.2, 0.25) is 5.02 Å². The molecule has 1 saturated heterocycles. The van der Waals surface area contributed by atoms with Gasteiger partial charge in [0.05, 0.1) is 12.3 Å². The van der Waals surface area contributed by atoms with E-state index in [-0.39, 0.29) is 12.0 Å². The van der Waals surface area contributed by atoms with E-state index < -0.39 is 5.60 Å². The molecule has 0 bridgehead atoms. The zero-order valence-electron chi connectivity index (χ0n) is 20.3. The molecule has 1 aromatic heterocycles. The highest BCUT2D eigenvalue weighted by molar-refractivity contribution is 7.93. The van der Waals surface area contributed by atoms with Gasteiger partial charge >= 0.3 is 6.09 Å². The molecule has 1 atom stereocenters. The zero-order valence-corrected chi connectivity index (χ0v) is 21.9. The molecule has 34 heavy (non-hydrogen) atoms. The summed E-state index contributed by atoms with van der Waals surface area (Å²) in [4.78, 5) is 19.4. The lowest BCUT2D eigenvalue weighted by Gasteiger charge is -2.37. The van der Waals surface area contributed by atoms with E-state index in [9.17, 15) is 4.79 Å². The van der Waals surface area contributed by atoms with Gasteiger partial charge < -0.3 is 13.8 Å². The average molecular weight is 501 g/mol. The number of ether oxygens (including phenoxy) is 1. The van der Waals surface area contributed by atoms with Crippen molar-refractivity contribution in [2.24, 2.45) is 5.92 Å². The molecule has 0 saturated carbocycles. The first-order valence-corrected chi connectivity index (χ1v) is 13.4. The van der Waals surface area contributed by atoms with Crippen molar-refractivity contribution in [2.45, 2.75) is 51.6 Å². The number of carbonyl (C=O) groups is 1. The molecule has 182 valence electrons. The molecule has 1 amide bonds. The molecule has 0 spiro atoms. The van der Waals surface area contributed by atoms with Crippen molar-refractivity contribution in [1.29, 1.82) is 0 Å². The van der Waals surface area contributed by atoms with Crippen LogP contribution < -0.4 is 0 Å². The molecule has 1 unspecified atom stereocenters. The van der Waals surface area contributed by atoms with Crippen molar-refractivity contribution >= 4 is 41.4 Å². The lowest BCUT2D eigenvalue weighted by molar-refractivity contribution is 0.0178. The number of hydrogen-bond donors (Lipinski definition) is 0. The van der Waals surface area contributed by atoms with Gasteiger partial charge in [-0.05, 0) is 98.5 Å². The Kier molecular flexibility index (Phi) is 7.90. The minimum absolute atomic E-state index is 0.138. The van der Waals surface area contributed by atoms with E-state index in [1.165, 1.54) is 28.7 Å². The molecule has 7 heteroatoms. The van der Waals surface area contributed by atoms with Crippen molar-refractivity contribution in [3.8, 4) is 0 Å². The number of amides is 1. The molecule has 0 N–H and O–H groups in total. The second-order valence-corrected chi connectivity index (χ2v) is 10.9. The van der Waals surface area contributed by atoms with Crippen LogP contribution in [0.3, 0.4) is 0 Å². The quantitative estimate of drug-likeness (QED) is 0.325. The first-order valence-electron chi connectivity index (χ1n) is 11.9. The van der Waals surface area contributed by atoms with Crippen molar-refractivity contribution in [2.75, 3.05) is 26.0 Å². The Morgan fingerprint density at radius 2 is 2.00 bits per heavy atom. The maximum atomic E-state index is 12.6. The van der Waals surface area contributed by atoms with Crippen LogP contribution in [0.4, 0.5) is 4.79 Å². The maximum absolute atomic E-state index is 12.6. The highest BCUT2D eigenvalue weighted by Crippen LogP contribution is 2.45. The topological polar surface area (TPSA) is 51.7 Å². The van der Waals surface area contributed by atoms with Gasteiger partial charge in [-0.2, -0.15) is 0 Å². The molecular weight excluding hydrogens is 468 g/mol. The molecule has 1 aromatic carbocycles. The summed E-state index contributed by atoms with van der Waals surface area (Å²) in [5.74, 6) is 0.502. The lowest BCUT2D eigenvalue weighted by atomic mass is 9.76. The molecule has 2 aliphatic rings. The van der Waals surface area contributed by atoms with Crippen LogP contribution in [0.1, 0.15) is 68.3 Å². The maximum Gasteiger partial charge on any atom is 0.410 e. The number of benzene rings is 1. The van der Waals surface area contributed by atoms with E-state index in [0.717, 1.165) is 35.5 Å². The second-order valence-electron chi connectivity index (χ2n) is 9.90. The fourth-order valence-corrected chi connectivity index (χ4v) is 5.39. The fourth-order valence-electron chi connectivity index (χ4n) is 4.96. The summed E-state index contributed by atoms with van der Waals surface area (Å²) in [7, 11) is 0. The third-order valence-electron chi connectivity index (χ3n) is 6.43.